The largest absolute Gasteiger partial charge is 0.292 e. The van der Waals surface area contributed by atoms with Crippen LogP contribution in [0, 0.1) is 0 Å². The molecule has 6 nitrogen and oxygen atoms in total. The minimum absolute atomic E-state index is 0.183. The van der Waals surface area contributed by atoms with Gasteiger partial charge >= 0.3 is 0 Å². The van der Waals surface area contributed by atoms with Crippen LogP contribution in [0.2, 0.25) is 0 Å². The molecule has 1 heterocycles. The monoisotopic (exact) mass is 360 g/mol. The number of fused-ring (bicyclic) bond motifs is 1. The van der Waals surface area contributed by atoms with Gasteiger partial charge in [-0.05, 0) is 24.1 Å². The summed E-state index contributed by atoms with van der Waals surface area (Å²) in [7, 11) is 0. The van der Waals surface area contributed by atoms with Crippen molar-refractivity contribution in [2.45, 2.75) is 19.9 Å². The van der Waals surface area contributed by atoms with Crippen molar-refractivity contribution >= 4 is 29.0 Å². The van der Waals surface area contributed by atoms with Gasteiger partial charge in [-0.3, -0.25) is 9.59 Å². The van der Waals surface area contributed by atoms with E-state index in [0.717, 1.165) is 12.0 Å². The molecule has 27 heavy (non-hydrogen) atoms. The number of benzene rings is 2. The molecule has 1 N–H and O–H groups in total. The number of rotatable bonds is 6. The van der Waals surface area contributed by atoms with Crippen LogP contribution in [0.3, 0.4) is 0 Å². The molecule has 0 unspecified atom stereocenters. The molecule has 0 saturated heterocycles. The number of carbonyl (C=O) groups excluding carboxylic acids is 1. The Balaban J connectivity index is 1.81. The lowest BCUT2D eigenvalue weighted by Gasteiger charge is -2.09. The highest BCUT2D eigenvalue weighted by Crippen LogP contribution is 2.13. The molecular formula is C21H20N4O2. The third kappa shape index (κ3) is 4.36. The van der Waals surface area contributed by atoms with Crippen LogP contribution >= 0.6 is 0 Å². The van der Waals surface area contributed by atoms with E-state index in [1.165, 1.54) is 10.9 Å². The molecule has 0 radical (unpaired) electrons. The summed E-state index contributed by atoms with van der Waals surface area (Å²) in [4.78, 5) is 25.0. The van der Waals surface area contributed by atoms with Crippen LogP contribution in [0.5, 0.6) is 0 Å². The highest BCUT2D eigenvalue weighted by molar-refractivity contribution is 6.04. The maximum Gasteiger partial charge on any atom is 0.292 e. The molecule has 2 aromatic carbocycles. The molecule has 0 aliphatic rings. The summed E-state index contributed by atoms with van der Waals surface area (Å²) >= 11 is 0. The summed E-state index contributed by atoms with van der Waals surface area (Å²) in [6, 6.07) is 16.7. The first kappa shape index (κ1) is 18.3. The van der Waals surface area contributed by atoms with Crippen molar-refractivity contribution in [3.05, 3.63) is 82.3 Å². The molecule has 3 rings (SSSR count). The SMILES string of the molecule is CCCn1nc(C(=O)NN=CC=Cc2ccccc2)c2ccccc2c1=O. The summed E-state index contributed by atoms with van der Waals surface area (Å²) in [5, 5.41) is 9.15. The number of hydrogen-bond acceptors (Lipinski definition) is 4. The normalized spacial score (nSPS) is 11.4. The Morgan fingerprint density at radius 2 is 1.81 bits per heavy atom. The molecule has 0 aliphatic heterocycles. The third-order valence-corrected chi connectivity index (χ3v) is 3.93. The van der Waals surface area contributed by atoms with E-state index in [0.29, 0.717) is 17.3 Å². The number of allylic oxidation sites excluding steroid dienone is 1. The summed E-state index contributed by atoms with van der Waals surface area (Å²) in [5.41, 5.74) is 3.49. The molecule has 0 aliphatic carbocycles. The van der Waals surface area contributed by atoms with E-state index in [2.05, 4.69) is 15.6 Å². The van der Waals surface area contributed by atoms with E-state index >= 15 is 0 Å². The fourth-order valence-corrected chi connectivity index (χ4v) is 2.68. The Labute approximate surface area is 156 Å². The second-order valence-corrected chi connectivity index (χ2v) is 5.91. The highest BCUT2D eigenvalue weighted by Gasteiger charge is 2.15. The average molecular weight is 360 g/mol. The number of amides is 1. The number of nitrogens with zero attached hydrogens (tertiary/aromatic N) is 3. The van der Waals surface area contributed by atoms with Crippen molar-refractivity contribution in [2.75, 3.05) is 0 Å². The number of hydrazone groups is 1. The maximum atomic E-state index is 12.5. The molecule has 0 atom stereocenters. The van der Waals surface area contributed by atoms with Gasteiger partial charge in [-0.15, -0.1) is 0 Å². The van der Waals surface area contributed by atoms with Gasteiger partial charge in [0.05, 0.1) is 5.39 Å². The summed E-state index contributed by atoms with van der Waals surface area (Å²) in [5.74, 6) is -0.458. The first-order chi connectivity index (χ1) is 13.2. The maximum absolute atomic E-state index is 12.5. The van der Waals surface area contributed by atoms with Crippen LogP contribution in [-0.4, -0.2) is 21.9 Å². The standard InChI is InChI=1S/C21H20N4O2/c1-2-15-25-21(27)18-13-7-6-12-17(18)19(24-25)20(26)23-22-14-8-11-16-9-4-3-5-10-16/h3-14H,2,15H2,1H3,(H,23,26). The molecular weight excluding hydrogens is 340 g/mol. The molecule has 1 aromatic heterocycles. The lowest BCUT2D eigenvalue weighted by molar-refractivity contribution is 0.0949. The van der Waals surface area contributed by atoms with Gasteiger partial charge in [0.15, 0.2) is 5.69 Å². The van der Waals surface area contributed by atoms with Gasteiger partial charge in [0.2, 0.25) is 0 Å². The molecule has 3 aromatic rings. The molecule has 0 bridgehead atoms. The van der Waals surface area contributed by atoms with E-state index in [1.54, 1.807) is 30.3 Å². The van der Waals surface area contributed by atoms with E-state index < -0.39 is 5.91 Å². The van der Waals surface area contributed by atoms with E-state index in [4.69, 9.17) is 0 Å². The minimum Gasteiger partial charge on any atom is -0.267 e. The molecule has 0 fully saturated rings. The topological polar surface area (TPSA) is 76.3 Å². The summed E-state index contributed by atoms with van der Waals surface area (Å²) in [6.07, 6.45) is 5.85. The molecule has 0 spiro atoms. The van der Waals surface area contributed by atoms with Crippen molar-refractivity contribution in [3.63, 3.8) is 0 Å². The van der Waals surface area contributed by atoms with Crippen LogP contribution in [-0.2, 0) is 6.54 Å². The van der Waals surface area contributed by atoms with E-state index in [-0.39, 0.29) is 11.3 Å². The zero-order valence-electron chi connectivity index (χ0n) is 15.0. The van der Waals surface area contributed by atoms with Crippen LogP contribution in [0.15, 0.2) is 70.6 Å². The fourth-order valence-electron chi connectivity index (χ4n) is 2.68. The Morgan fingerprint density at radius 1 is 1.11 bits per heavy atom. The Hall–Kier alpha value is -3.54. The van der Waals surface area contributed by atoms with Gasteiger partial charge in [0.25, 0.3) is 11.5 Å². The van der Waals surface area contributed by atoms with Gasteiger partial charge in [-0.2, -0.15) is 10.2 Å². The second kappa shape index (κ2) is 8.71. The zero-order valence-corrected chi connectivity index (χ0v) is 15.0. The van der Waals surface area contributed by atoms with Crippen LogP contribution in [0.4, 0.5) is 0 Å². The predicted octanol–water partition coefficient (Wildman–Crippen LogP) is 3.24. The summed E-state index contributed by atoms with van der Waals surface area (Å²) in [6.45, 7) is 2.40. The van der Waals surface area contributed by atoms with Gasteiger partial charge in [-0.1, -0.05) is 61.5 Å². The highest BCUT2D eigenvalue weighted by atomic mass is 16.2. The average Bonchev–Trinajstić information content (AvgIpc) is 2.70. The number of nitrogens with one attached hydrogen (secondary N) is 1. The van der Waals surface area contributed by atoms with Crippen LogP contribution < -0.4 is 11.0 Å². The van der Waals surface area contributed by atoms with Crippen molar-refractivity contribution in [1.29, 1.82) is 0 Å². The first-order valence-electron chi connectivity index (χ1n) is 8.75. The quantitative estimate of drug-likeness (QED) is 0.542. The minimum atomic E-state index is -0.458. The second-order valence-electron chi connectivity index (χ2n) is 5.91. The van der Waals surface area contributed by atoms with Gasteiger partial charge in [0, 0.05) is 18.1 Å². The van der Waals surface area contributed by atoms with Gasteiger partial charge in [-0.25, -0.2) is 10.1 Å². The number of hydrogen-bond donors (Lipinski definition) is 1. The van der Waals surface area contributed by atoms with Crippen molar-refractivity contribution in [2.24, 2.45) is 5.10 Å². The third-order valence-electron chi connectivity index (χ3n) is 3.93. The molecule has 1 amide bonds. The number of aryl methyl sites for hydroxylation is 1. The van der Waals surface area contributed by atoms with Gasteiger partial charge in [0.1, 0.15) is 0 Å². The molecule has 0 saturated carbocycles. The Bertz CT molecular complexity index is 1050. The smallest absolute Gasteiger partial charge is 0.267 e. The molecule has 6 heteroatoms. The van der Waals surface area contributed by atoms with Crippen LogP contribution in [0.1, 0.15) is 29.4 Å². The summed E-state index contributed by atoms with van der Waals surface area (Å²) < 4.78 is 1.33. The Morgan fingerprint density at radius 3 is 2.56 bits per heavy atom. The number of carbonyl (C=O) groups is 1. The van der Waals surface area contributed by atoms with Crippen molar-refractivity contribution in [1.82, 2.24) is 15.2 Å². The van der Waals surface area contributed by atoms with E-state index in [1.807, 2.05) is 43.3 Å². The lowest BCUT2D eigenvalue weighted by Crippen LogP contribution is -2.29. The van der Waals surface area contributed by atoms with E-state index in [9.17, 15) is 9.59 Å². The lowest BCUT2D eigenvalue weighted by atomic mass is 10.1. The van der Waals surface area contributed by atoms with Crippen molar-refractivity contribution < 1.29 is 4.79 Å². The molecule has 136 valence electrons. The first-order valence-corrected chi connectivity index (χ1v) is 8.75. The van der Waals surface area contributed by atoms with Gasteiger partial charge < -0.3 is 0 Å². The Kier molecular flexibility index (Phi) is 5.89. The van der Waals surface area contributed by atoms with Crippen LogP contribution in [0.25, 0.3) is 16.8 Å². The zero-order chi connectivity index (χ0) is 19.1. The number of aromatic nitrogens is 2. The fraction of sp³-hybridized carbons (Fsp3) is 0.143. The predicted molar refractivity (Wildman–Crippen MR) is 108 cm³/mol. The van der Waals surface area contributed by atoms with Crippen molar-refractivity contribution in [3.8, 4) is 0 Å².